The molecule has 0 aliphatic carbocycles. The number of rotatable bonds is 1. The zero-order valence-corrected chi connectivity index (χ0v) is 5.86. The van der Waals surface area contributed by atoms with Gasteiger partial charge in [0.15, 0.2) is 0 Å². The maximum absolute atomic E-state index is 10.2. The van der Waals surface area contributed by atoms with Crippen molar-refractivity contribution in [1.82, 2.24) is 4.72 Å². The first-order valence-electron chi connectivity index (χ1n) is 2.01. The van der Waals surface area contributed by atoms with Crippen LogP contribution in [0.2, 0.25) is 0 Å². The summed E-state index contributed by atoms with van der Waals surface area (Å²) in [5, 5.41) is 0. The Bertz CT molecular complexity index is 199. The molecule has 0 bridgehead atoms. The SMILES string of the molecule is COC(=O)NS(C)(=O)=O.[LiH]. The molecule has 7 heteroatoms. The first kappa shape index (κ1) is 12.5. The van der Waals surface area contributed by atoms with Gasteiger partial charge in [-0.2, -0.15) is 0 Å². The fourth-order valence-corrected chi connectivity index (χ4v) is 0.579. The molecule has 0 heterocycles. The predicted molar refractivity (Wildman–Crippen MR) is 37.5 cm³/mol. The monoisotopic (exact) mass is 161 g/mol. The van der Waals surface area contributed by atoms with Gasteiger partial charge in [0.1, 0.15) is 0 Å². The average Bonchev–Trinajstić information content (AvgIpc) is 1.62. The normalized spacial score (nSPS) is 9.40. The first-order valence-corrected chi connectivity index (χ1v) is 3.90. The Labute approximate surface area is 71.4 Å². The van der Waals surface area contributed by atoms with Gasteiger partial charge in [0.25, 0.3) is 0 Å². The van der Waals surface area contributed by atoms with Crippen LogP contribution in [0.3, 0.4) is 0 Å². The third-order valence-corrected chi connectivity index (χ3v) is 0.992. The number of carbonyl (C=O) groups is 1. The van der Waals surface area contributed by atoms with E-state index in [2.05, 4.69) is 4.74 Å². The van der Waals surface area contributed by atoms with E-state index in [-0.39, 0.29) is 18.9 Å². The molecule has 0 saturated carbocycles. The maximum atomic E-state index is 10.2. The third-order valence-electron chi connectivity index (χ3n) is 0.454. The van der Waals surface area contributed by atoms with Gasteiger partial charge in [-0.25, -0.2) is 17.9 Å². The van der Waals surface area contributed by atoms with Crippen molar-refractivity contribution in [3.8, 4) is 0 Å². The van der Waals surface area contributed by atoms with Crippen molar-refractivity contribution < 1.29 is 17.9 Å². The van der Waals surface area contributed by atoms with Crippen LogP contribution in [0.15, 0.2) is 0 Å². The van der Waals surface area contributed by atoms with Gasteiger partial charge in [0.2, 0.25) is 10.0 Å². The summed E-state index contributed by atoms with van der Waals surface area (Å²) in [6.45, 7) is 0. The predicted octanol–water partition coefficient (Wildman–Crippen LogP) is -1.35. The molecule has 0 spiro atoms. The summed E-state index contributed by atoms with van der Waals surface area (Å²) in [6, 6.07) is 0. The van der Waals surface area contributed by atoms with Gasteiger partial charge in [-0.3, -0.25) is 0 Å². The number of methoxy groups -OCH3 is 1. The summed E-state index contributed by atoms with van der Waals surface area (Å²) >= 11 is 0. The standard InChI is InChI=1S/C3H7NO4S.Li.H/c1-8-3(5)4-9(2,6)7;;/h1-2H3,(H,4,5);;. The summed E-state index contributed by atoms with van der Waals surface area (Å²) in [7, 11) is -2.38. The molecule has 0 radical (unpaired) electrons. The number of amides is 1. The Morgan fingerprint density at radius 1 is 1.50 bits per heavy atom. The fourth-order valence-electron chi connectivity index (χ4n) is 0.193. The topological polar surface area (TPSA) is 72.5 Å². The van der Waals surface area contributed by atoms with E-state index in [0.717, 1.165) is 13.4 Å². The summed E-state index contributed by atoms with van der Waals surface area (Å²) in [6.07, 6.45) is -0.110. The van der Waals surface area contributed by atoms with Gasteiger partial charge in [-0.1, -0.05) is 0 Å². The Kier molecular flexibility index (Phi) is 5.75. The van der Waals surface area contributed by atoms with Gasteiger partial charge in [-0.15, -0.1) is 0 Å². The quantitative estimate of drug-likeness (QED) is 0.483. The van der Waals surface area contributed by atoms with Crippen LogP contribution in [-0.2, 0) is 14.8 Å². The van der Waals surface area contributed by atoms with Crippen LogP contribution in [0.4, 0.5) is 4.79 Å². The second-order valence-corrected chi connectivity index (χ2v) is 3.11. The molecule has 0 saturated heterocycles. The van der Waals surface area contributed by atoms with Crippen molar-refractivity contribution in [3.63, 3.8) is 0 Å². The molecule has 0 aromatic carbocycles. The number of hydrogen-bond donors (Lipinski definition) is 1. The van der Waals surface area contributed by atoms with Crippen LogP contribution in [0.1, 0.15) is 0 Å². The minimum atomic E-state index is -3.46. The summed E-state index contributed by atoms with van der Waals surface area (Å²) in [5.74, 6) is 0. The van der Waals surface area contributed by atoms with E-state index in [1.165, 1.54) is 0 Å². The zero-order valence-electron chi connectivity index (χ0n) is 5.04. The molecule has 0 unspecified atom stereocenters. The molecule has 0 atom stereocenters. The van der Waals surface area contributed by atoms with Crippen LogP contribution in [-0.4, -0.2) is 46.7 Å². The van der Waals surface area contributed by atoms with E-state index in [4.69, 9.17) is 0 Å². The molecular weight excluding hydrogens is 153 g/mol. The van der Waals surface area contributed by atoms with Crippen LogP contribution in [0.5, 0.6) is 0 Å². The molecule has 56 valence electrons. The van der Waals surface area contributed by atoms with E-state index < -0.39 is 16.1 Å². The molecule has 0 fully saturated rings. The molecule has 0 aromatic heterocycles. The number of nitrogens with one attached hydrogen (secondary N) is 1. The van der Waals surface area contributed by atoms with Crippen LogP contribution in [0, 0.1) is 0 Å². The molecule has 0 aliphatic rings. The fraction of sp³-hybridized carbons (Fsp3) is 0.667. The molecule has 0 aromatic rings. The first-order chi connectivity index (χ1) is 3.95. The number of hydrogen-bond acceptors (Lipinski definition) is 4. The summed E-state index contributed by atoms with van der Waals surface area (Å²) < 4.78 is 26.0. The van der Waals surface area contributed by atoms with Crippen LogP contribution < -0.4 is 4.72 Å². The molecular formula is C3H8LiNO4S. The second-order valence-electron chi connectivity index (χ2n) is 1.37. The molecule has 5 nitrogen and oxygen atoms in total. The van der Waals surface area contributed by atoms with Crippen molar-refractivity contribution in [2.45, 2.75) is 0 Å². The number of carbonyl (C=O) groups excluding carboxylic acids is 1. The molecule has 0 aliphatic heterocycles. The third kappa shape index (κ3) is 7.82. The summed E-state index contributed by atoms with van der Waals surface area (Å²) in [4.78, 5) is 10.1. The minimum absolute atomic E-state index is 0. The Morgan fingerprint density at radius 3 is 2.00 bits per heavy atom. The van der Waals surface area contributed by atoms with Gasteiger partial charge >= 0.3 is 25.0 Å². The van der Waals surface area contributed by atoms with Gasteiger partial charge < -0.3 is 4.74 Å². The molecule has 0 rings (SSSR count). The molecule has 1 N–H and O–H groups in total. The van der Waals surface area contributed by atoms with Gasteiger partial charge in [-0.05, 0) is 0 Å². The van der Waals surface area contributed by atoms with Crippen LogP contribution in [0.25, 0.3) is 0 Å². The average molecular weight is 161 g/mol. The molecule has 10 heavy (non-hydrogen) atoms. The van der Waals surface area contributed by atoms with Crippen molar-refractivity contribution in [2.24, 2.45) is 0 Å². The number of sulfonamides is 1. The number of ether oxygens (including phenoxy) is 1. The Hall–Kier alpha value is -0.183. The zero-order chi connectivity index (χ0) is 7.49. The van der Waals surface area contributed by atoms with E-state index in [1.54, 1.807) is 4.72 Å². The van der Waals surface area contributed by atoms with Crippen LogP contribution >= 0.6 is 0 Å². The summed E-state index contributed by atoms with van der Waals surface area (Å²) in [5.41, 5.74) is 0. The molecule has 1 amide bonds. The van der Waals surface area contributed by atoms with Gasteiger partial charge in [0.05, 0.1) is 13.4 Å². The van der Waals surface area contributed by atoms with Crippen molar-refractivity contribution >= 4 is 35.0 Å². The Morgan fingerprint density at radius 2 is 1.90 bits per heavy atom. The van der Waals surface area contributed by atoms with Crippen molar-refractivity contribution in [2.75, 3.05) is 13.4 Å². The van der Waals surface area contributed by atoms with E-state index >= 15 is 0 Å². The van der Waals surface area contributed by atoms with E-state index in [0.29, 0.717) is 0 Å². The van der Waals surface area contributed by atoms with Crippen molar-refractivity contribution in [3.05, 3.63) is 0 Å². The second kappa shape index (κ2) is 4.60. The van der Waals surface area contributed by atoms with Crippen molar-refractivity contribution in [1.29, 1.82) is 0 Å². The van der Waals surface area contributed by atoms with E-state index in [1.807, 2.05) is 0 Å². The van der Waals surface area contributed by atoms with Gasteiger partial charge in [0, 0.05) is 0 Å². The Balaban J connectivity index is 0. The van der Waals surface area contributed by atoms with E-state index in [9.17, 15) is 13.2 Å².